The Bertz CT molecular complexity index is 402. The highest BCUT2D eigenvalue weighted by Gasteiger charge is 2.30. The minimum absolute atomic E-state index is 0.0748. The maximum Gasteiger partial charge on any atom is 0.323 e. The largest absolute Gasteiger partial charge is 0.480 e. The first-order valence-corrected chi connectivity index (χ1v) is 6.77. The molecule has 0 heterocycles. The lowest BCUT2D eigenvalue weighted by atomic mass is 10.2. The molecule has 0 atom stereocenters. The van der Waals surface area contributed by atoms with Gasteiger partial charge in [0.05, 0.1) is 4.75 Å². The molecule has 7 nitrogen and oxygen atoms in total. The zero-order valence-electron chi connectivity index (χ0n) is 10.3. The number of sulfone groups is 1. The van der Waals surface area contributed by atoms with E-state index in [0.29, 0.717) is 0 Å². The number of carboxylic acids is 1. The molecular weight excluding hydrogens is 248 g/mol. The van der Waals surface area contributed by atoms with Crippen molar-refractivity contribution in [3.05, 3.63) is 0 Å². The Balaban J connectivity index is 4.40. The van der Waals surface area contributed by atoms with Gasteiger partial charge in [0.25, 0.3) is 0 Å². The average molecular weight is 266 g/mol. The monoisotopic (exact) mass is 266 g/mol. The third-order valence-electron chi connectivity index (χ3n) is 2.39. The van der Waals surface area contributed by atoms with Crippen molar-refractivity contribution in [1.82, 2.24) is 10.2 Å². The van der Waals surface area contributed by atoms with E-state index in [1.54, 1.807) is 0 Å². The van der Waals surface area contributed by atoms with Crippen molar-refractivity contribution < 1.29 is 23.1 Å². The zero-order chi connectivity index (χ0) is 13.9. The predicted molar refractivity (Wildman–Crippen MR) is 62.6 cm³/mol. The third kappa shape index (κ3) is 5.03. The minimum Gasteiger partial charge on any atom is -0.480 e. The molecule has 0 bridgehead atoms. The molecule has 0 aromatic heterocycles. The van der Waals surface area contributed by atoms with Gasteiger partial charge in [0.1, 0.15) is 6.54 Å². The summed E-state index contributed by atoms with van der Waals surface area (Å²) >= 11 is 0. The molecule has 0 saturated carbocycles. The lowest BCUT2D eigenvalue weighted by molar-refractivity contribution is -0.137. The summed E-state index contributed by atoms with van der Waals surface area (Å²) in [6.07, 6.45) is 1.08. The van der Waals surface area contributed by atoms with Crippen molar-refractivity contribution in [3.8, 4) is 0 Å². The van der Waals surface area contributed by atoms with Gasteiger partial charge in [-0.15, -0.1) is 0 Å². The van der Waals surface area contributed by atoms with E-state index >= 15 is 0 Å². The molecule has 0 saturated heterocycles. The van der Waals surface area contributed by atoms with Crippen LogP contribution in [0.2, 0.25) is 0 Å². The van der Waals surface area contributed by atoms with E-state index in [1.165, 1.54) is 20.9 Å². The summed E-state index contributed by atoms with van der Waals surface area (Å²) in [5.41, 5.74) is 0. The van der Waals surface area contributed by atoms with E-state index < -0.39 is 33.1 Å². The van der Waals surface area contributed by atoms with Crippen LogP contribution in [0.5, 0.6) is 0 Å². The van der Waals surface area contributed by atoms with Crippen LogP contribution >= 0.6 is 0 Å². The number of carboxylic acid groups (broad SMARTS) is 1. The molecule has 0 radical (unpaired) electrons. The van der Waals surface area contributed by atoms with Crippen LogP contribution in [0.25, 0.3) is 0 Å². The standard InChI is InChI=1S/C9H18N2O5S/c1-9(2,17(4,15)16)6-10-8(14)11(3)5-7(12)13/h5-6H2,1-4H3,(H,10,14)(H,12,13). The molecule has 100 valence electrons. The van der Waals surface area contributed by atoms with Crippen LogP contribution in [0.15, 0.2) is 0 Å². The van der Waals surface area contributed by atoms with Gasteiger partial charge in [-0.05, 0) is 13.8 Å². The number of hydrogen-bond donors (Lipinski definition) is 2. The topological polar surface area (TPSA) is 104 Å². The SMILES string of the molecule is CN(CC(=O)O)C(=O)NCC(C)(C)S(C)(=O)=O. The van der Waals surface area contributed by atoms with Crippen molar-refractivity contribution in [1.29, 1.82) is 0 Å². The van der Waals surface area contributed by atoms with Crippen molar-refractivity contribution >= 4 is 21.8 Å². The molecule has 0 fully saturated rings. The quantitative estimate of drug-likeness (QED) is 0.700. The van der Waals surface area contributed by atoms with E-state index in [-0.39, 0.29) is 6.54 Å². The Kier molecular flexibility index (Phi) is 4.94. The van der Waals surface area contributed by atoms with E-state index in [0.717, 1.165) is 11.2 Å². The number of amides is 2. The Morgan fingerprint density at radius 1 is 1.35 bits per heavy atom. The number of carbonyl (C=O) groups excluding carboxylic acids is 1. The van der Waals surface area contributed by atoms with Gasteiger partial charge in [-0.25, -0.2) is 13.2 Å². The lowest BCUT2D eigenvalue weighted by Crippen LogP contribution is -2.48. The molecule has 0 aliphatic carbocycles. The molecule has 2 N–H and O–H groups in total. The highest BCUT2D eigenvalue weighted by Crippen LogP contribution is 2.13. The zero-order valence-corrected chi connectivity index (χ0v) is 11.2. The molecule has 0 aromatic carbocycles. The van der Waals surface area contributed by atoms with Gasteiger partial charge in [0.2, 0.25) is 0 Å². The number of carbonyl (C=O) groups is 2. The Morgan fingerprint density at radius 3 is 2.18 bits per heavy atom. The summed E-state index contributed by atoms with van der Waals surface area (Å²) in [6.45, 7) is 2.46. The first kappa shape index (κ1) is 15.7. The van der Waals surface area contributed by atoms with Gasteiger partial charge in [-0.1, -0.05) is 0 Å². The number of hydrogen-bond acceptors (Lipinski definition) is 4. The van der Waals surface area contributed by atoms with Crippen molar-refractivity contribution in [3.63, 3.8) is 0 Å². The summed E-state index contributed by atoms with van der Waals surface area (Å²) in [6, 6.07) is -0.621. The van der Waals surface area contributed by atoms with Crippen LogP contribution in [0.3, 0.4) is 0 Å². The number of likely N-dealkylation sites (N-methyl/N-ethyl adjacent to an activating group) is 1. The van der Waals surface area contributed by atoms with Gasteiger partial charge >= 0.3 is 12.0 Å². The number of aliphatic carboxylic acids is 1. The predicted octanol–water partition coefficient (Wildman–Crippen LogP) is -0.464. The number of nitrogens with zero attached hydrogens (tertiary/aromatic N) is 1. The molecule has 0 aliphatic rings. The van der Waals surface area contributed by atoms with E-state index in [9.17, 15) is 18.0 Å². The fraction of sp³-hybridized carbons (Fsp3) is 0.778. The highest BCUT2D eigenvalue weighted by atomic mass is 32.2. The van der Waals surface area contributed by atoms with Gasteiger partial charge in [-0.2, -0.15) is 0 Å². The van der Waals surface area contributed by atoms with Crippen LogP contribution in [-0.4, -0.2) is 61.6 Å². The Labute approximate surface area is 101 Å². The molecule has 17 heavy (non-hydrogen) atoms. The van der Waals surface area contributed by atoms with Gasteiger partial charge in [0.15, 0.2) is 9.84 Å². The molecule has 0 spiro atoms. The fourth-order valence-electron chi connectivity index (χ4n) is 0.829. The molecule has 0 rings (SSSR count). The molecular formula is C9H18N2O5S. The molecule has 2 amide bonds. The maximum atomic E-state index is 11.4. The van der Waals surface area contributed by atoms with Crippen LogP contribution < -0.4 is 5.32 Å². The van der Waals surface area contributed by atoms with E-state index in [4.69, 9.17) is 5.11 Å². The Hall–Kier alpha value is -1.31. The highest BCUT2D eigenvalue weighted by molar-refractivity contribution is 7.92. The van der Waals surface area contributed by atoms with E-state index in [1.807, 2.05) is 0 Å². The van der Waals surface area contributed by atoms with Crippen molar-refractivity contribution in [2.75, 3.05) is 26.4 Å². The summed E-state index contributed by atoms with van der Waals surface area (Å²) in [5.74, 6) is -1.13. The maximum absolute atomic E-state index is 11.4. The molecule has 0 unspecified atom stereocenters. The van der Waals surface area contributed by atoms with Crippen molar-refractivity contribution in [2.45, 2.75) is 18.6 Å². The molecule has 0 aliphatic heterocycles. The van der Waals surface area contributed by atoms with Crippen molar-refractivity contribution in [2.24, 2.45) is 0 Å². The van der Waals surface area contributed by atoms with Crippen LogP contribution in [0.1, 0.15) is 13.8 Å². The fourth-order valence-corrected chi connectivity index (χ4v) is 1.16. The average Bonchev–Trinajstić information content (AvgIpc) is 2.11. The summed E-state index contributed by atoms with van der Waals surface area (Å²) in [7, 11) is -1.98. The molecule has 8 heteroatoms. The summed E-state index contributed by atoms with van der Waals surface area (Å²) in [5, 5.41) is 10.9. The second-order valence-corrected chi connectivity index (χ2v) is 7.09. The van der Waals surface area contributed by atoms with Gasteiger partial charge in [0, 0.05) is 19.8 Å². The minimum atomic E-state index is -3.30. The smallest absolute Gasteiger partial charge is 0.323 e. The molecule has 0 aromatic rings. The first-order valence-electron chi connectivity index (χ1n) is 4.88. The van der Waals surface area contributed by atoms with Crippen LogP contribution in [0.4, 0.5) is 4.79 Å². The lowest BCUT2D eigenvalue weighted by Gasteiger charge is -2.24. The Morgan fingerprint density at radius 2 is 1.82 bits per heavy atom. The number of rotatable bonds is 5. The van der Waals surface area contributed by atoms with Gasteiger partial charge in [-0.3, -0.25) is 4.79 Å². The second-order valence-electron chi connectivity index (χ2n) is 4.44. The van der Waals surface area contributed by atoms with E-state index in [2.05, 4.69) is 5.32 Å². The summed E-state index contributed by atoms with van der Waals surface area (Å²) < 4.78 is 21.6. The summed E-state index contributed by atoms with van der Waals surface area (Å²) in [4.78, 5) is 22.7. The van der Waals surface area contributed by atoms with Gasteiger partial charge < -0.3 is 15.3 Å². The normalized spacial score (nSPS) is 12.0. The van der Waals surface area contributed by atoms with Crippen LogP contribution in [-0.2, 0) is 14.6 Å². The number of nitrogens with one attached hydrogen (secondary N) is 1. The second kappa shape index (κ2) is 5.35. The van der Waals surface area contributed by atoms with Crippen LogP contribution in [0, 0.1) is 0 Å². The third-order valence-corrected chi connectivity index (χ3v) is 4.54. The number of urea groups is 1. The first-order chi connectivity index (χ1) is 7.47.